The molecule has 0 radical (unpaired) electrons. The van der Waals surface area contributed by atoms with Crippen molar-refractivity contribution in [3.05, 3.63) is 29.8 Å². The Balaban J connectivity index is 1.48. The first-order chi connectivity index (χ1) is 13.4. The van der Waals surface area contributed by atoms with E-state index in [-0.39, 0.29) is 29.9 Å². The van der Waals surface area contributed by atoms with Gasteiger partial charge in [-0.05, 0) is 24.1 Å². The first-order valence-corrected chi connectivity index (χ1v) is 9.82. The van der Waals surface area contributed by atoms with Gasteiger partial charge < -0.3 is 14.9 Å². The molecule has 2 aliphatic heterocycles. The van der Waals surface area contributed by atoms with Gasteiger partial charge in [0.05, 0.1) is 6.61 Å². The van der Waals surface area contributed by atoms with Gasteiger partial charge in [0.2, 0.25) is 0 Å². The Morgan fingerprint density at radius 1 is 1.29 bits per heavy atom. The van der Waals surface area contributed by atoms with Crippen molar-refractivity contribution in [2.45, 2.75) is 37.1 Å². The molecule has 28 heavy (non-hydrogen) atoms. The van der Waals surface area contributed by atoms with E-state index in [1.165, 1.54) is 6.21 Å². The number of nitrogens with zero attached hydrogens (tertiary/aromatic N) is 3. The molecule has 1 aromatic carbocycles. The molecule has 0 aromatic heterocycles. The number of ether oxygens (including phenoxy) is 1. The molecule has 0 spiro atoms. The van der Waals surface area contributed by atoms with E-state index in [4.69, 9.17) is 9.84 Å². The van der Waals surface area contributed by atoms with Crippen LogP contribution in [0.15, 0.2) is 34.5 Å². The minimum absolute atomic E-state index is 0.00318. The van der Waals surface area contributed by atoms with E-state index < -0.39 is 18.3 Å². The first-order valence-electron chi connectivity index (χ1n) is 8.94. The predicted octanol–water partition coefficient (Wildman–Crippen LogP) is 2.65. The number of rotatable bonds is 6. The molecule has 0 saturated carbocycles. The fourth-order valence-electron chi connectivity index (χ4n) is 3.06. The molecule has 2 heterocycles. The van der Waals surface area contributed by atoms with Gasteiger partial charge in [-0.2, -0.15) is 18.3 Å². The molecule has 154 valence electrons. The van der Waals surface area contributed by atoms with Crippen LogP contribution in [-0.2, 0) is 6.61 Å². The lowest BCUT2D eigenvalue weighted by atomic mass is 10.1. The maximum atomic E-state index is 13.1. The lowest BCUT2D eigenvalue weighted by Crippen LogP contribution is -2.38. The lowest BCUT2D eigenvalue weighted by molar-refractivity contribution is -0.152. The summed E-state index contributed by atoms with van der Waals surface area (Å²) in [6.45, 7) is 1.01. The number of halogens is 3. The van der Waals surface area contributed by atoms with Gasteiger partial charge in [-0.15, -0.1) is 16.9 Å². The lowest BCUT2D eigenvalue weighted by Gasteiger charge is -2.25. The molecule has 1 saturated heterocycles. The number of thioether (sulfide) groups is 1. The number of aliphatic hydroxyl groups excluding tert-OH is 2. The zero-order valence-electron chi connectivity index (χ0n) is 15.0. The predicted molar refractivity (Wildman–Crippen MR) is 102 cm³/mol. The highest BCUT2D eigenvalue weighted by atomic mass is 32.2. The van der Waals surface area contributed by atoms with Crippen molar-refractivity contribution in [1.29, 1.82) is 0 Å². The summed E-state index contributed by atoms with van der Waals surface area (Å²) < 4.78 is 45.0. The van der Waals surface area contributed by atoms with E-state index in [9.17, 15) is 18.3 Å². The molecule has 2 N–H and O–H groups in total. The zero-order valence-corrected chi connectivity index (χ0v) is 15.9. The van der Waals surface area contributed by atoms with Crippen LogP contribution in [0.1, 0.15) is 18.4 Å². The van der Waals surface area contributed by atoms with Crippen LogP contribution in [0.5, 0.6) is 5.75 Å². The minimum Gasteiger partial charge on any atom is -0.489 e. The summed E-state index contributed by atoms with van der Waals surface area (Å²) in [5.41, 5.74) is 0.763. The smallest absolute Gasteiger partial charge is 0.398 e. The van der Waals surface area contributed by atoms with Gasteiger partial charge in [0.15, 0.2) is 0 Å². The Labute approximate surface area is 165 Å². The molecule has 1 aromatic rings. The van der Waals surface area contributed by atoms with Gasteiger partial charge in [-0.1, -0.05) is 12.1 Å². The van der Waals surface area contributed by atoms with Gasteiger partial charge >= 0.3 is 6.18 Å². The van der Waals surface area contributed by atoms with Crippen molar-refractivity contribution in [2.75, 3.05) is 19.7 Å². The molecule has 1 fully saturated rings. The Morgan fingerprint density at radius 3 is 2.71 bits per heavy atom. The van der Waals surface area contributed by atoms with Crippen molar-refractivity contribution >= 4 is 23.0 Å². The number of likely N-dealkylation sites (tertiary alicyclic amines) is 1. The van der Waals surface area contributed by atoms with Gasteiger partial charge in [-0.3, -0.25) is 4.90 Å². The molecular weight excluding hydrogens is 395 g/mol. The molecule has 6 nitrogen and oxygen atoms in total. The van der Waals surface area contributed by atoms with Crippen molar-refractivity contribution in [3.63, 3.8) is 0 Å². The molecule has 3 atom stereocenters. The van der Waals surface area contributed by atoms with Crippen LogP contribution in [0.4, 0.5) is 13.2 Å². The van der Waals surface area contributed by atoms with Crippen LogP contribution >= 0.6 is 11.8 Å². The van der Waals surface area contributed by atoms with Crippen LogP contribution in [0.25, 0.3) is 0 Å². The topological polar surface area (TPSA) is 77.6 Å². The van der Waals surface area contributed by atoms with Crippen molar-refractivity contribution in [3.8, 4) is 5.75 Å². The monoisotopic (exact) mass is 417 g/mol. The Morgan fingerprint density at radius 2 is 2.04 bits per heavy atom. The quantitative estimate of drug-likeness (QED) is 0.744. The largest absolute Gasteiger partial charge is 0.489 e. The third-order valence-corrected chi connectivity index (χ3v) is 5.99. The van der Waals surface area contributed by atoms with Gasteiger partial charge in [0.1, 0.15) is 29.5 Å². The summed E-state index contributed by atoms with van der Waals surface area (Å²) in [6, 6.07) is 6.88. The zero-order chi connectivity index (χ0) is 20.1. The van der Waals surface area contributed by atoms with Crippen LogP contribution in [-0.4, -0.2) is 63.7 Å². The van der Waals surface area contributed by atoms with E-state index in [0.29, 0.717) is 25.3 Å². The van der Waals surface area contributed by atoms with Crippen LogP contribution in [0.2, 0.25) is 0 Å². The summed E-state index contributed by atoms with van der Waals surface area (Å²) in [4.78, 5) is 1.79. The van der Waals surface area contributed by atoms with Crippen molar-refractivity contribution < 1.29 is 28.1 Å². The molecule has 2 aliphatic rings. The molecule has 3 rings (SSSR count). The number of hydrogen-bond acceptors (Lipinski definition) is 7. The van der Waals surface area contributed by atoms with Crippen LogP contribution < -0.4 is 4.74 Å². The second kappa shape index (κ2) is 9.25. The average molecular weight is 417 g/mol. The first kappa shape index (κ1) is 21.1. The second-order valence-corrected chi connectivity index (χ2v) is 8.00. The molecule has 0 amide bonds. The van der Waals surface area contributed by atoms with Gasteiger partial charge in [0.25, 0.3) is 0 Å². The summed E-state index contributed by atoms with van der Waals surface area (Å²) in [7, 11) is 0. The number of alkyl halides is 3. The van der Waals surface area contributed by atoms with E-state index in [2.05, 4.69) is 10.2 Å². The third-order valence-electron chi connectivity index (χ3n) is 4.66. The van der Waals surface area contributed by atoms with Crippen LogP contribution in [0, 0.1) is 5.92 Å². The molecule has 0 aliphatic carbocycles. The van der Waals surface area contributed by atoms with Crippen molar-refractivity contribution in [1.82, 2.24) is 4.90 Å². The van der Waals surface area contributed by atoms with E-state index >= 15 is 0 Å². The van der Waals surface area contributed by atoms with E-state index in [1.54, 1.807) is 29.2 Å². The van der Waals surface area contributed by atoms with Crippen molar-refractivity contribution in [2.24, 2.45) is 16.1 Å². The molecule has 10 heteroatoms. The van der Waals surface area contributed by atoms with Gasteiger partial charge in [0, 0.05) is 31.0 Å². The number of hydrogen-bond donors (Lipinski definition) is 2. The maximum absolute atomic E-state index is 13.1. The minimum atomic E-state index is -4.34. The molecular formula is C18H22F3N3O3S. The summed E-state index contributed by atoms with van der Waals surface area (Å²) in [5, 5.41) is 26.6. The standard InChI is InChI=1S/C18H22F3N3O3S/c19-18(20,21)15-5-7-22-23-17(15)28-14-6-8-24(9-14)16(26)11-27-13-3-1-12(10-25)2-4-13/h1-4,7,14-16,25-26H,5-6,8-11H2. The fraction of sp³-hybridized carbons (Fsp3) is 0.556. The normalized spacial score (nSPS) is 24.2. The van der Waals surface area contributed by atoms with E-state index in [0.717, 1.165) is 17.3 Å². The summed E-state index contributed by atoms with van der Waals surface area (Å²) >= 11 is 1.10. The Hall–Kier alpha value is -1.62. The Bertz CT molecular complexity index is 712. The average Bonchev–Trinajstić information content (AvgIpc) is 3.14. The number of benzene rings is 1. The maximum Gasteiger partial charge on any atom is 0.398 e. The SMILES string of the molecule is OCc1ccc(OCC(O)N2CCC(SC3=NN=CCC3C(F)(F)F)C2)cc1. The van der Waals surface area contributed by atoms with E-state index in [1.807, 2.05) is 0 Å². The second-order valence-electron chi connectivity index (χ2n) is 6.68. The molecule has 0 bridgehead atoms. The third kappa shape index (κ3) is 5.47. The number of aliphatic hydroxyl groups is 2. The fourth-order valence-corrected chi connectivity index (χ4v) is 4.38. The van der Waals surface area contributed by atoms with Crippen LogP contribution in [0.3, 0.4) is 0 Å². The summed E-state index contributed by atoms with van der Waals surface area (Å²) in [5.74, 6) is -1.02. The highest BCUT2D eigenvalue weighted by Gasteiger charge is 2.45. The highest BCUT2D eigenvalue weighted by molar-refractivity contribution is 8.14. The van der Waals surface area contributed by atoms with Gasteiger partial charge in [-0.25, -0.2) is 0 Å². The highest BCUT2D eigenvalue weighted by Crippen LogP contribution is 2.37. The summed E-state index contributed by atoms with van der Waals surface area (Å²) in [6.07, 6.45) is -3.53. The Kier molecular flexibility index (Phi) is 6.97. The molecule has 3 unspecified atom stereocenters.